The number of fused-ring (bicyclic) bond motifs is 1. The van der Waals surface area contributed by atoms with Crippen molar-refractivity contribution >= 4 is 62.1 Å². The molecule has 0 saturated heterocycles. The SMILES string of the molecule is O=C(CSc1nc2ncc(Br)cc2[nH]1)Nc1ccc(F)c(Cl)c1. The average molecular weight is 416 g/mol. The number of aromatic amines is 1. The molecular weight excluding hydrogens is 407 g/mol. The van der Waals surface area contributed by atoms with Gasteiger partial charge in [-0.05, 0) is 40.2 Å². The fraction of sp³-hybridized carbons (Fsp3) is 0.0714. The molecule has 0 saturated carbocycles. The minimum Gasteiger partial charge on any atom is -0.331 e. The van der Waals surface area contributed by atoms with Gasteiger partial charge in [0, 0.05) is 16.4 Å². The number of hydrogen-bond acceptors (Lipinski definition) is 4. The van der Waals surface area contributed by atoms with Crippen molar-refractivity contribution in [3.63, 3.8) is 0 Å². The highest BCUT2D eigenvalue weighted by molar-refractivity contribution is 9.10. The van der Waals surface area contributed by atoms with Crippen molar-refractivity contribution in [2.45, 2.75) is 5.16 Å². The number of pyridine rings is 1. The van der Waals surface area contributed by atoms with Gasteiger partial charge in [-0.3, -0.25) is 4.79 Å². The van der Waals surface area contributed by atoms with Gasteiger partial charge in [0.15, 0.2) is 10.8 Å². The predicted octanol–water partition coefficient (Wildman–Crippen LogP) is 4.24. The molecule has 2 heterocycles. The summed E-state index contributed by atoms with van der Waals surface area (Å²) >= 11 is 10.2. The topological polar surface area (TPSA) is 70.7 Å². The van der Waals surface area contributed by atoms with E-state index in [1.165, 1.54) is 30.0 Å². The molecule has 0 bridgehead atoms. The minimum atomic E-state index is -0.528. The second-order valence-corrected chi connectivity index (χ2v) is 6.82. The van der Waals surface area contributed by atoms with Crippen LogP contribution in [0.3, 0.4) is 0 Å². The van der Waals surface area contributed by atoms with E-state index in [1.54, 1.807) is 6.20 Å². The van der Waals surface area contributed by atoms with Crippen LogP contribution < -0.4 is 5.32 Å². The smallest absolute Gasteiger partial charge is 0.234 e. The van der Waals surface area contributed by atoms with Gasteiger partial charge in [-0.2, -0.15) is 0 Å². The number of nitrogens with one attached hydrogen (secondary N) is 2. The van der Waals surface area contributed by atoms with Crippen molar-refractivity contribution in [2.75, 3.05) is 11.1 Å². The number of anilines is 1. The normalized spacial score (nSPS) is 10.9. The number of carbonyl (C=O) groups excluding carboxylic acids is 1. The number of halogens is 3. The maximum Gasteiger partial charge on any atom is 0.234 e. The van der Waals surface area contributed by atoms with Gasteiger partial charge in [-0.15, -0.1) is 0 Å². The van der Waals surface area contributed by atoms with Crippen LogP contribution in [0.2, 0.25) is 5.02 Å². The molecule has 0 unspecified atom stereocenters. The molecular formula is C14H9BrClFN4OS. The van der Waals surface area contributed by atoms with Crippen molar-refractivity contribution in [3.8, 4) is 0 Å². The molecule has 0 radical (unpaired) electrons. The number of carbonyl (C=O) groups is 1. The molecule has 5 nitrogen and oxygen atoms in total. The van der Waals surface area contributed by atoms with E-state index in [9.17, 15) is 9.18 Å². The number of benzene rings is 1. The van der Waals surface area contributed by atoms with E-state index in [-0.39, 0.29) is 16.7 Å². The monoisotopic (exact) mass is 414 g/mol. The van der Waals surface area contributed by atoms with Crippen LogP contribution >= 0.6 is 39.3 Å². The number of H-pyrrole nitrogens is 1. The average Bonchev–Trinajstić information content (AvgIpc) is 2.91. The first kappa shape index (κ1) is 16.2. The lowest BCUT2D eigenvalue weighted by atomic mass is 10.3. The number of imidazole rings is 1. The third-order valence-corrected chi connectivity index (χ3v) is 4.42. The van der Waals surface area contributed by atoms with Gasteiger partial charge in [-0.1, -0.05) is 23.4 Å². The zero-order chi connectivity index (χ0) is 16.4. The van der Waals surface area contributed by atoms with Crippen molar-refractivity contribution in [3.05, 3.63) is 45.8 Å². The molecule has 1 aromatic carbocycles. The first-order valence-electron chi connectivity index (χ1n) is 6.40. The first-order chi connectivity index (χ1) is 11.0. The maximum absolute atomic E-state index is 13.1. The highest BCUT2D eigenvalue weighted by Crippen LogP contribution is 2.22. The number of amides is 1. The Morgan fingerprint density at radius 3 is 3.04 bits per heavy atom. The fourth-order valence-electron chi connectivity index (χ4n) is 1.83. The molecule has 0 atom stereocenters. The zero-order valence-electron chi connectivity index (χ0n) is 11.4. The lowest BCUT2D eigenvalue weighted by molar-refractivity contribution is -0.113. The van der Waals surface area contributed by atoms with Crippen molar-refractivity contribution in [1.29, 1.82) is 0 Å². The largest absolute Gasteiger partial charge is 0.331 e. The molecule has 0 aliphatic carbocycles. The molecule has 0 aliphatic heterocycles. The molecule has 3 aromatic rings. The molecule has 0 spiro atoms. The minimum absolute atomic E-state index is 0.0376. The first-order valence-corrected chi connectivity index (χ1v) is 8.56. The summed E-state index contributed by atoms with van der Waals surface area (Å²) < 4.78 is 13.9. The summed E-state index contributed by atoms with van der Waals surface area (Å²) in [4.78, 5) is 23.4. The van der Waals surface area contributed by atoms with E-state index in [0.717, 1.165) is 9.99 Å². The highest BCUT2D eigenvalue weighted by Gasteiger charge is 2.09. The summed E-state index contributed by atoms with van der Waals surface area (Å²) in [6, 6.07) is 5.88. The summed E-state index contributed by atoms with van der Waals surface area (Å²) in [5.74, 6) is -0.622. The van der Waals surface area contributed by atoms with Crippen molar-refractivity contribution in [1.82, 2.24) is 15.0 Å². The zero-order valence-corrected chi connectivity index (χ0v) is 14.6. The maximum atomic E-state index is 13.1. The number of rotatable bonds is 4. The van der Waals surface area contributed by atoms with E-state index < -0.39 is 5.82 Å². The number of hydrogen-bond donors (Lipinski definition) is 2. The van der Waals surface area contributed by atoms with Gasteiger partial charge in [0.2, 0.25) is 5.91 Å². The predicted molar refractivity (Wildman–Crippen MR) is 92.4 cm³/mol. The van der Waals surface area contributed by atoms with Gasteiger partial charge < -0.3 is 10.3 Å². The van der Waals surface area contributed by atoms with Crippen LogP contribution in [0.25, 0.3) is 11.2 Å². The van der Waals surface area contributed by atoms with Crippen molar-refractivity contribution in [2.24, 2.45) is 0 Å². The Bertz CT molecular complexity index is 888. The van der Waals surface area contributed by atoms with Gasteiger partial charge in [0.25, 0.3) is 0 Å². The van der Waals surface area contributed by atoms with Gasteiger partial charge >= 0.3 is 0 Å². The molecule has 1 amide bonds. The summed E-state index contributed by atoms with van der Waals surface area (Å²) in [5.41, 5.74) is 1.81. The Balaban J connectivity index is 1.62. The van der Waals surface area contributed by atoms with Crippen molar-refractivity contribution < 1.29 is 9.18 Å². The Labute approximate surface area is 148 Å². The van der Waals surface area contributed by atoms with Crippen LogP contribution in [-0.4, -0.2) is 26.6 Å². The third-order valence-electron chi connectivity index (χ3n) is 2.83. The second kappa shape index (κ2) is 6.86. The van der Waals surface area contributed by atoms with Crippen LogP contribution in [0.5, 0.6) is 0 Å². The molecule has 23 heavy (non-hydrogen) atoms. The van der Waals surface area contributed by atoms with Crippen LogP contribution in [0, 0.1) is 5.82 Å². The van der Waals surface area contributed by atoms with E-state index in [0.29, 0.717) is 16.5 Å². The number of thioether (sulfide) groups is 1. The molecule has 2 aromatic heterocycles. The Morgan fingerprint density at radius 1 is 1.43 bits per heavy atom. The Hall–Kier alpha value is -1.64. The summed E-state index contributed by atoms with van der Waals surface area (Å²) in [7, 11) is 0. The van der Waals surface area contributed by atoms with Crippen LogP contribution in [0.15, 0.2) is 40.1 Å². The quantitative estimate of drug-likeness (QED) is 0.625. The van der Waals surface area contributed by atoms with Gasteiger partial charge in [0.1, 0.15) is 5.82 Å². The third kappa shape index (κ3) is 4.01. The van der Waals surface area contributed by atoms with Gasteiger partial charge in [0.05, 0.1) is 16.3 Å². The van der Waals surface area contributed by atoms with E-state index in [1.807, 2.05) is 6.07 Å². The van der Waals surface area contributed by atoms with E-state index in [4.69, 9.17) is 11.6 Å². The molecule has 0 aliphatic rings. The van der Waals surface area contributed by atoms with E-state index >= 15 is 0 Å². The highest BCUT2D eigenvalue weighted by atomic mass is 79.9. The van der Waals surface area contributed by atoms with E-state index in [2.05, 4.69) is 36.2 Å². The summed E-state index contributed by atoms with van der Waals surface area (Å²) in [6.45, 7) is 0. The molecule has 2 N–H and O–H groups in total. The van der Waals surface area contributed by atoms with Crippen LogP contribution in [0.1, 0.15) is 0 Å². The standard InChI is InChI=1S/C14H9BrClFN4OS/c15-7-3-11-13(18-5-7)21-14(20-11)23-6-12(22)19-8-1-2-10(17)9(16)4-8/h1-5H,6H2,(H,19,22)(H,18,20,21). The molecule has 9 heteroatoms. The second-order valence-electron chi connectivity index (χ2n) is 4.53. The number of aromatic nitrogens is 3. The molecule has 118 valence electrons. The summed E-state index contributed by atoms with van der Waals surface area (Å²) in [6.07, 6.45) is 1.66. The Kier molecular flexibility index (Phi) is 4.84. The summed E-state index contributed by atoms with van der Waals surface area (Å²) in [5, 5.41) is 3.21. The lowest BCUT2D eigenvalue weighted by Crippen LogP contribution is -2.14. The van der Waals surface area contributed by atoms with Crippen LogP contribution in [0.4, 0.5) is 10.1 Å². The fourth-order valence-corrected chi connectivity index (χ4v) is 3.01. The number of nitrogens with zero attached hydrogens (tertiary/aromatic N) is 2. The van der Waals surface area contributed by atoms with Gasteiger partial charge in [-0.25, -0.2) is 14.4 Å². The Morgan fingerprint density at radius 2 is 2.26 bits per heavy atom. The lowest BCUT2D eigenvalue weighted by Gasteiger charge is -2.05. The molecule has 3 rings (SSSR count). The van der Waals surface area contributed by atoms with Crippen LogP contribution in [-0.2, 0) is 4.79 Å². The molecule has 0 fully saturated rings.